The van der Waals surface area contributed by atoms with Crippen molar-refractivity contribution in [2.45, 2.75) is 18.8 Å². The molecule has 0 bridgehead atoms. The fourth-order valence-corrected chi connectivity index (χ4v) is 1.21. The Morgan fingerprint density at radius 2 is 2.54 bits per heavy atom. The van der Waals surface area contributed by atoms with Crippen molar-refractivity contribution < 1.29 is 4.79 Å². The third-order valence-corrected chi connectivity index (χ3v) is 2.05. The van der Waals surface area contributed by atoms with E-state index < -0.39 is 0 Å². The van der Waals surface area contributed by atoms with Crippen molar-refractivity contribution in [2.75, 3.05) is 7.05 Å². The predicted molar refractivity (Wildman–Crippen MR) is 48.4 cm³/mol. The van der Waals surface area contributed by atoms with Gasteiger partial charge >= 0.3 is 0 Å². The number of hydrogen-bond acceptors (Lipinski definition) is 3. The van der Waals surface area contributed by atoms with Crippen LogP contribution in [0.3, 0.4) is 0 Å². The molecule has 6 heteroatoms. The van der Waals surface area contributed by atoms with E-state index in [2.05, 4.69) is 15.5 Å². The van der Waals surface area contributed by atoms with Crippen molar-refractivity contribution >= 4 is 17.5 Å². The van der Waals surface area contributed by atoms with Gasteiger partial charge in [0.05, 0.1) is 5.88 Å². The van der Waals surface area contributed by atoms with E-state index in [1.54, 1.807) is 18.5 Å². The molecule has 0 aliphatic heterocycles. The highest BCUT2D eigenvalue weighted by atomic mass is 35.5. The van der Waals surface area contributed by atoms with Crippen LogP contribution in [0.2, 0.25) is 0 Å². The molecule has 1 N–H and O–H groups in total. The first-order chi connectivity index (χ1) is 6.20. The topological polar surface area (TPSA) is 59.8 Å². The Hall–Kier alpha value is -1.10. The Bertz CT molecular complexity index is 298. The third-order valence-electron chi connectivity index (χ3n) is 1.81. The minimum absolute atomic E-state index is 0.0915. The summed E-state index contributed by atoms with van der Waals surface area (Å²) in [4.78, 5) is 11.2. The molecule has 13 heavy (non-hydrogen) atoms. The number of hydrogen-bond donors (Lipinski definition) is 1. The molecule has 1 heterocycles. The molecular weight excluding hydrogens is 192 g/mol. The second-order valence-electron chi connectivity index (χ2n) is 2.58. The molecule has 0 aliphatic carbocycles. The summed E-state index contributed by atoms with van der Waals surface area (Å²) in [6.07, 6.45) is 1.50. The first-order valence-electron chi connectivity index (χ1n) is 3.86. The van der Waals surface area contributed by atoms with Crippen LogP contribution < -0.4 is 5.32 Å². The minimum atomic E-state index is -0.325. The zero-order chi connectivity index (χ0) is 9.84. The van der Waals surface area contributed by atoms with E-state index >= 15 is 0 Å². The second kappa shape index (κ2) is 4.23. The molecule has 1 aromatic heterocycles. The van der Waals surface area contributed by atoms with Gasteiger partial charge in [-0.1, -0.05) is 0 Å². The maximum atomic E-state index is 11.2. The van der Waals surface area contributed by atoms with Crippen LogP contribution in [0.5, 0.6) is 0 Å². The number of amides is 1. The summed E-state index contributed by atoms with van der Waals surface area (Å²) >= 11 is 5.61. The summed E-state index contributed by atoms with van der Waals surface area (Å²) in [6, 6.07) is -0.325. The lowest BCUT2D eigenvalue weighted by Crippen LogP contribution is -2.28. The van der Waals surface area contributed by atoms with Gasteiger partial charge in [-0.25, -0.2) is 0 Å². The van der Waals surface area contributed by atoms with Gasteiger partial charge in [-0.2, -0.15) is 0 Å². The maximum absolute atomic E-state index is 11.2. The Balaban J connectivity index is 2.87. The number of aromatic nitrogens is 3. The highest BCUT2D eigenvalue weighted by molar-refractivity contribution is 6.16. The highest BCUT2D eigenvalue weighted by Crippen LogP contribution is 2.09. The van der Waals surface area contributed by atoms with Crippen molar-refractivity contribution in [3.63, 3.8) is 0 Å². The molecule has 72 valence electrons. The molecule has 0 aliphatic rings. The SMILES string of the molecule is CNC(=O)C(C)n1cnnc1CCl. The summed E-state index contributed by atoms with van der Waals surface area (Å²) in [7, 11) is 1.59. The van der Waals surface area contributed by atoms with Crippen LogP contribution in [-0.4, -0.2) is 27.7 Å². The molecule has 5 nitrogen and oxygen atoms in total. The van der Waals surface area contributed by atoms with Crippen LogP contribution in [-0.2, 0) is 10.7 Å². The molecule has 0 spiro atoms. The van der Waals surface area contributed by atoms with Gasteiger partial charge in [0.2, 0.25) is 5.91 Å². The molecule has 1 amide bonds. The lowest BCUT2D eigenvalue weighted by Gasteiger charge is -2.12. The number of alkyl halides is 1. The largest absolute Gasteiger partial charge is 0.357 e. The van der Waals surface area contributed by atoms with E-state index in [0.29, 0.717) is 5.82 Å². The molecule has 0 radical (unpaired) electrons. The van der Waals surface area contributed by atoms with E-state index in [4.69, 9.17) is 11.6 Å². The number of nitrogens with one attached hydrogen (secondary N) is 1. The van der Waals surface area contributed by atoms with E-state index in [-0.39, 0.29) is 17.8 Å². The Kier molecular flexibility index (Phi) is 3.25. The fourth-order valence-electron chi connectivity index (χ4n) is 1.02. The van der Waals surface area contributed by atoms with Gasteiger partial charge in [0.25, 0.3) is 0 Å². The van der Waals surface area contributed by atoms with E-state index in [0.717, 1.165) is 0 Å². The summed E-state index contributed by atoms with van der Waals surface area (Å²) in [5.41, 5.74) is 0. The third kappa shape index (κ3) is 1.98. The fraction of sp³-hybridized carbons (Fsp3) is 0.571. The van der Waals surface area contributed by atoms with Crippen molar-refractivity contribution in [3.05, 3.63) is 12.2 Å². The number of likely N-dealkylation sites (N-methyl/N-ethyl adjacent to an activating group) is 1. The quantitative estimate of drug-likeness (QED) is 0.719. The molecule has 1 unspecified atom stereocenters. The van der Waals surface area contributed by atoms with Gasteiger partial charge in [-0.15, -0.1) is 21.8 Å². The van der Waals surface area contributed by atoms with Gasteiger partial charge in [0.15, 0.2) is 0 Å². The van der Waals surface area contributed by atoms with Crippen LogP contribution in [0.15, 0.2) is 6.33 Å². The molecular formula is C7H11ClN4O. The van der Waals surface area contributed by atoms with Crippen molar-refractivity contribution in [1.29, 1.82) is 0 Å². The Morgan fingerprint density at radius 3 is 3.08 bits per heavy atom. The normalized spacial score (nSPS) is 12.5. The second-order valence-corrected chi connectivity index (χ2v) is 2.85. The van der Waals surface area contributed by atoms with Crippen LogP contribution in [0.25, 0.3) is 0 Å². The smallest absolute Gasteiger partial charge is 0.242 e. The number of carbonyl (C=O) groups excluding carboxylic acids is 1. The van der Waals surface area contributed by atoms with Gasteiger partial charge in [-0.3, -0.25) is 4.79 Å². The monoisotopic (exact) mass is 202 g/mol. The van der Waals surface area contributed by atoms with Crippen LogP contribution in [0.1, 0.15) is 18.8 Å². The molecule has 1 aromatic rings. The van der Waals surface area contributed by atoms with Gasteiger partial charge in [0, 0.05) is 7.05 Å². The van der Waals surface area contributed by atoms with Crippen LogP contribution in [0, 0.1) is 0 Å². The predicted octanol–water partition coefficient (Wildman–Crippen LogP) is 0.324. The average Bonchev–Trinajstić information content (AvgIpc) is 2.62. The van der Waals surface area contributed by atoms with Gasteiger partial charge in [-0.05, 0) is 6.92 Å². The lowest BCUT2D eigenvalue weighted by molar-refractivity contribution is -0.123. The first kappa shape index (κ1) is 9.98. The van der Waals surface area contributed by atoms with Crippen LogP contribution >= 0.6 is 11.6 Å². The number of halogens is 1. The van der Waals surface area contributed by atoms with E-state index in [1.807, 2.05) is 0 Å². The van der Waals surface area contributed by atoms with E-state index in [1.165, 1.54) is 6.33 Å². The van der Waals surface area contributed by atoms with E-state index in [9.17, 15) is 4.79 Å². The Labute approximate surface area is 81.1 Å². The summed E-state index contributed by atoms with van der Waals surface area (Å²) < 4.78 is 1.64. The number of nitrogens with zero attached hydrogens (tertiary/aromatic N) is 3. The van der Waals surface area contributed by atoms with Crippen molar-refractivity contribution in [3.8, 4) is 0 Å². The van der Waals surface area contributed by atoms with Gasteiger partial charge in [0.1, 0.15) is 18.2 Å². The summed E-state index contributed by atoms with van der Waals surface area (Å²) in [5.74, 6) is 0.755. The molecule has 0 saturated carbocycles. The Morgan fingerprint density at radius 1 is 1.85 bits per heavy atom. The highest BCUT2D eigenvalue weighted by Gasteiger charge is 2.16. The number of carbonyl (C=O) groups is 1. The lowest BCUT2D eigenvalue weighted by atomic mass is 10.3. The molecule has 0 saturated heterocycles. The van der Waals surface area contributed by atoms with Crippen molar-refractivity contribution in [1.82, 2.24) is 20.1 Å². The summed E-state index contributed by atoms with van der Waals surface area (Å²) in [6.45, 7) is 1.76. The first-order valence-corrected chi connectivity index (χ1v) is 4.40. The zero-order valence-corrected chi connectivity index (χ0v) is 8.25. The molecule has 1 rings (SSSR count). The standard InChI is InChI=1S/C7H11ClN4O/c1-5(7(13)9-2)12-4-10-11-6(12)3-8/h4-5H,3H2,1-2H3,(H,9,13). The molecule has 0 aromatic carbocycles. The molecule has 0 fully saturated rings. The maximum Gasteiger partial charge on any atom is 0.242 e. The summed E-state index contributed by atoms with van der Waals surface area (Å²) in [5, 5.41) is 10.00. The average molecular weight is 203 g/mol. The zero-order valence-electron chi connectivity index (χ0n) is 7.49. The number of rotatable bonds is 3. The minimum Gasteiger partial charge on any atom is -0.357 e. The van der Waals surface area contributed by atoms with Crippen molar-refractivity contribution in [2.24, 2.45) is 0 Å². The van der Waals surface area contributed by atoms with Crippen LogP contribution in [0.4, 0.5) is 0 Å². The van der Waals surface area contributed by atoms with Gasteiger partial charge < -0.3 is 9.88 Å². The molecule has 1 atom stereocenters.